The van der Waals surface area contributed by atoms with Gasteiger partial charge in [0.2, 0.25) is 0 Å². The number of nitrogens with two attached hydrogens (primary N) is 1. The first-order valence-corrected chi connectivity index (χ1v) is 9.11. The Bertz CT molecular complexity index is 1330. The second kappa shape index (κ2) is 7.53. The van der Waals surface area contributed by atoms with E-state index in [9.17, 15) is 9.59 Å². The zero-order valence-electron chi connectivity index (χ0n) is 16.0. The third-order valence-corrected chi connectivity index (χ3v) is 4.75. The van der Waals surface area contributed by atoms with Crippen LogP contribution in [0, 0.1) is 0 Å². The summed E-state index contributed by atoms with van der Waals surface area (Å²) >= 11 is 5.95. The number of H-pyrrole nitrogens is 1. The van der Waals surface area contributed by atoms with Gasteiger partial charge in [-0.15, -0.1) is 0 Å². The van der Waals surface area contributed by atoms with Crippen LogP contribution in [0.3, 0.4) is 0 Å². The molecule has 0 aliphatic carbocycles. The van der Waals surface area contributed by atoms with Crippen LogP contribution in [-0.2, 0) is 0 Å². The Balaban J connectivity index is 2.04. The zero-order valence-corrected chi connectivity index (χ0v) is 16.7. The van der Waals surface area contributed by atoms with E-state index in [1.165, 1.54) is 18.8 Å². The Labute approximate surface area is 175 Å². The second-order valence-corrected chi connectivity index (χ2v) is 6.71. The summed E-state index contributed by atoms with van der Waals surface area (Å²) in [5, 5.41) is 0.538. The summed E-state index contributed by atoms with van der Waals surface area (Å²) in [6.07, 6.45) is 0. The number of rotatable bonds is 5. The number of ether oxygens (including phenoxy) is 2. The van der Waals surface area contributed by atoms with E-state index in [0.717, 1.165) is 0 Å². The molecule has 0 radical (unpaired) electrons. The van der Waals surface area contributed by atoms with Crippen molar-refractivity contribution in [3.05, 3.63) is 63.7 Å². The number of benzene rings is 2. The van der Waals surface area contributed by atoms with Gasteiger partial charge < -0.3 is 20.2 Å². The molecule has 2 heterocycles. The monoisotopic (exact) mass is 425 g/mol. The quantitative estimate of drug-likeness (QED) is 0.506. The smallest absolute Gasteiger partial charge is 0.332 e. The number of carbonyl (C=O) groups is 1. The maximum absolute atomic E-state index is 12.8. The first kappa shape index (κ1) is 19.5. The van der Waals surface area contributed by atoms with E-state index in [2.05, 4.69) is 15.0 Å². The lowest BCUT2D eigenvalue weighted by atomic mass is 10.2. The van der Waals surface area contributed by atoms with Gasteiger partial charge in [0.1, 0.15) is 17.0 Å². The minimum absolute atomic E-state index is 0.103. The minimum atomic E-state index is -0.798. The van der Waals surface area contributed by atoms with Gasteiger partial charge in [0.05, 0.1) is 19.9 Å². The number of hydrogen-bond donors (Lipinski definition) is 2. The molecule has 9 nitrogen and oxygen atoms in total. The number of hydrogen-bond acceptors (Lipinski definition) is 6. The maximum atomic E-state index is 12.8. The van der Waals surface area contributed by atoms with Crippen molar-refractivity contribution in [3.63, 3.8) is 0 Å². The Kier molecular flexibility index (Phi) is 4.88. The van der Waals surface area contributed by atoms with E-state index in [0.29, 0.717) is 27.8 Å². The van der Waals surface area contributed by atoms with Crippen LogP contribution >= 0.6 is 11.6 Å². The summed E-state index contributed by atoms with van der Waals surface area (Å²) in [6, 6.07) is 11.7. The molecular weight excluding hydrogens is 410 g/mol. The van der Waals surface area contributed by atoms with Crippen LogP contribution < -0.4 is 20.9 Å². The van der Waals surface area contributed by atoms with Crippen LogP contribution in [0.15, 0.2) is 47.3 Å². The fraction of sp³-hybridized carbons (Fsp3) is 0.100. The maximum Gasteiger partial charge on any atom is 0.332 e. The second-order valence-electron chi connectivity index (χ2n) is 6.27. The molecular formula is C20H16ClN5O4. The van der Waals surface area contributed by atoms with E-state index in [1.807, 2.05) is 0 Å². The molecule has 10 heteroatoms. The summed E-state index contributed by atoms with van der Waals surface area (Å²) in [5.74, 6) is 0.350. The van der Waals surface area contributed by atoms with Gasteiger partial charge in [0.15, 0.2) is 17.2 Å². The Morgan fingerprint density at radius 3 is 2.47 bits per heavy atom. The molecule has 4 rings (SSSR count). The van der Waals surface area contributed by atoms with Gasteiger partial charge in [0.25, 0.3) is 5.91 Å². The molecule has 0 unspecified atom stereocenters. The van der Waals surface area contributed by atoms with Gasteiger partial charge in [-0.05, 0) is 36.4 Å². The van der Waals surface area contributed by atoms with Gasteiger partial charge >= 0.3 is 5.69 Å². The van der Waals surface area contributed by atoms with E-state index < -0.39 is 11.6 Å². The first-order chi connectivity index (χ1) is 14.4. The zero-order chi connectivity index (χ0) is 21.4. The lowest BCUT2D eigenvalue weighted by Gasteiger charge is -2.11. The number of methoxy groups -OCH3 is 2. The molecule has 0 saturated carbocycles. The predicted molar refractivity (Wildman–Crippen MR) is 112 cm³/mol. The highest BCUT2D eigenvalue weighted by atomic mass is 35.5. The molecule has 0 aliphatic rings. The molecule has 0 aliphatic heterocycles. The SMILES string of the molecule is COc1ccc(-n2c(=O)[nH]c3c(C(N)=O)nc(-c4ccc(Cl)cc4)nc32)c(OC)c1. The Morgan fingerprint density at radius 1 is 1.10 bits per heavy atom. The average Bonchev–Trinajstić information content (AvgIpc) is 3.08. The van der Waals surface area contributed by atoms with E-state index in [4.69, 9.17) is 26.8 Å². The van der Waals surface area contributed by atoms with Gasteiger partial charge in [-0.1, -0.05) is 11.6 Å². The minimum Gasteiger partial charge on any atom is -0.497 e. The highest BCUT2D eigenvalue weighted by molar-refractivity contribution is 6.30. The highest BCUT2D eigenvalue weighted by Gasteiger charge is 2.22. The van der Waals surface area contributed by atoms with Crippen LogP contribution in [0.25, 0.3) is 28.2 Å². The number of carbonyl (C=O) groups excluding carboxylic acids is 1. The Hall–Kier alpha value is -3.85. The van der Waals surface area contributed by atoms with Crippen molar-refractivity contribution < 1.29 is 14.3 Å². The fourth-order valence-corrected chi connectivity index (χ4v) is 3.21. The molecule has 0 saturated heterocycles. The number of nitrogens with one attached hydrogen (secondary N) is 1. The van der Waals surface area contributed by atoms with E-state index >= 15 is 0 Å². The lowest BCUT2D eigenvalue weighted by Crippen LogP contribution is -2.16. The van der Waals surface area contributed by atoms with Crippen molar-refractivity contribution in [1.29, 1.82) is 0 Å². The van der Waals surface area contributed by atoms with Crippen LogP contribution in [0.1, 0.15) is 10.5 Å². The highest BCUT2D eigenvalue weighted by Crippen LogP contribution is 2.30. The van der Waals surface area contributed by atoms with Gasteiger partial charge in [-0.2, -0.15) is 0 Å². The first-order valence-electron chi connectivity index (χ1n) is 8.74. The van der Waals surface area contributed by atoms with Gasteiger partial charge in [-0.25, -0.2) is 19.3 Å². The molecule has 1 amide bonds. The van der Waals surface area contributed by atoms with Crippen LogP contribution in [0.4, 0.5) is 0 Å². The van der Waals surface area contributed by atoms with Crippen molar-refractivity contribution in [2.24, 2.45) is 5.73 Å². The summed E-state index contributed by atoms with van der Waals surface area (Å²) < 4.78 is 11.9. The molecule has 2 aromatic carbocycles. The average molecular weight is 426 g/mol. The molecule has 0 fully saturated rings. The number of imidazole rings is 1. The van der Waals surface area contributed by atoms with Crippen LogP contribution in [0.5, 0.6) is 11.5 Å². The summed E-state index contributed by atoms with van der Waals surface area (Å²) in [5.41, 5.74) is 6.20. The summed E-state index contributed by atoms with van der Waals surface area (Å²) in [4.78, 5) is 36.3. The van der Waals surface area contributed by atoms with Crippen molar-refractivity contribution in [2.75, 3.05) is 14.2 Å². The van der Waals surface area contributed by atoms with Crippen LogP contribution in [-0.4, -0.2) is 39.6 Å². The summed E-state index contributed by atoms with van der Waals surface area (Å²) in [7, 11) is 3.00. The fourth-order valence-electron chi connectivity index (χ4n) is 3.08. The third-order valence-electron chi connectivity index (χ3n) is 4.50. The van der Waals surface area contributed by atoms with Crippen molar-refractivity contribution in [3.8, 4) is 28.6 Å². The van der Waals surface area contributed by atoms with Crippen molar-refractivity contribution in [1.82, 2.24) is 19.5 Å². The largest absolute Gasteiger partial charge is 0.497 e. The number of aromatic amines is 1. The summed E-state index contributed by atoms with van der Waals surface area (Å²) in [6.45, 7) is 0. The molecule has 152 valence electrons. The normalized spacial score (nSPS) is 10.9. The predicted octanol–water partition coefficient (Wildman–Crippen LogP) is 2.55. The van der Waals surface area contributed by atoms with Gasteiger partial charge in [-0.3, -0.25) is 4.79 Å². The van der Waals surface area contributed by atoms with Crippen molar-refractivity contribution >= 4 is 28.7 Å². The number of primary amides is 1. The Morgan fingerprint density at radius 2 is 1.83 bits per heavy atom. The van der Waals surface area contributed by atoms with Gasteiger partial charge in [0, 0.05) is 16.7 Å². The third kappa shape index (κ3) is 3.25. The molecule has 4 aromatic rings. The molecule has 30 heavy (non-hydrogen) atoms. The number of aromatic nitrogens is 4. The number of amides is 1. The standard InChI is InChI=1S/C20H16ClN5O4/c1-29-12-7-8-13(14(9-12)30-2)26-19-16(24-20(26)28)15(17(22)27)23-18(25-19)10-3-5-11(21)6-4-10/h3-9H,1-2H3,(H2,22,27)(H,24,28). The van der Waals surface area contributed by atoms with Crippen LogP contribution in [0.2, 0.25) is 5.02 Å². The number of fused-ring (bicyclic) bond motifs is 1. The lowest BCUT2D eigenvalue weighted by molar-refractivity contribution is 0.0997. The van der Waals surface area contributed by atoms with E-state index in [-0.39, 0.29) is 22.7 Å². The molecule has 0 bridgehead atoms. The number of halogens is 1. The van der Waals surface area contributed by atoms with Crippen molar-refractivity contribution in [2.45, 2.75) is 0 Å². The van der Waals surface area contributed by atoms with E-state index in [1.54, 1.807) is 42.5 Å². The number of nitrogens with zero attached hydrogens (tertiary/aromatic N) is 3. The molecule has 2 aromatic heterocycles. The molecule has 0 atom stereocenters. The molecule has 3 N–H and O–H groups in total. The topological polar surface area (TPSA) is 125 Å². The molecule has 0 spiro atoms.